The van der Waals surface area contributed by atoms with Gasteiger partial charge in [0, 0.05) is 20.2 Å². The number of amides is 2. The summed E-state index contributed by atoms with van der Waals surface area (Å²) >= 11 is 0. The van der Waals surface area contributed by atoms with Crippen LogP contribution in [0.15, 0.2) is 0 Å². The zero-order valence-corrected chi connectivity index (χ0v) is 9.94. The predicted octanol–water partition coefficient (Wildman–Crippen LogP) is 0.424. The molecule has 0 spiro atoms. The molecule has 2 aliphatic rings. The van der Waals surface area contributed by atoms with Crippen LogP contribution in [0.4, 0.5) is 4.79 Å². The van der Waals surface area contributed by atoms with E-state index in [0.29, 0.717) is 25.9 Å². The van der Waals surface area contributed by atoms with Crippen LogP contribution in [-0.2, 0) is 9.53 Å². The van der Waals surface area contributed by atoms with Gasteiger partial charge < -0.3 is 20.1 Å². The summed E-state index contributed by atoms with van der Waals surface area (Å²) in [7, 11) is 1.63. The lowest BCUT2D eigenvalue weighted by atomic mass is 10.1. The van der Waals surface area contributed by atoms with Gasteiger partial charge >= 0.3 is 12.0 Å². The Morgan fingerprint density at radius 2 is 2.18 bits per heavy atom. The number of nitrogens with zero attached hydrogens (tertiary/aromatic N) is 1. The number of rotatable bonds is 3. The molecule has 6 heteroatoms. The van der Waals surface area contributed by atoms with Crippen LogP contribution < -0.4 is 5.32 Å². The first-order valence-electron chi connectivity index (χ1n) is 5.91. The summed E-state index contributed by atoms with van der Waals surface area (Å²) in [6.07, 6.45) is 2.95. The highest BCUT2D eigenvalue weighted by molar-refractivity contribution is 5.89. The van der Waals surface area contributed by atoms with E-state index < -0.39 is 11.5 Å². The molecule has 0 aromatic rings. The summed E-state index contributed by atoms with van der Waals surface area (Å²) in [5.41, 5.74) is -1.00. The van der Waals surface area contributed by atoms with Crippen molar-refractivity contribution in [3.63, 3.8) is 0 Å². The molecule has 0 radical (unpaired) electrons. The van der Waals surface area contributed by atoms with Crippen LogP contribution in [0.2, 0.25) is 0 Å². The number of likely N-dealkylation sites (tertiary alicyclic amines) is 1. The minimum atomic E-state index is -1.00. The fourth-order valence-corrected chi connectivity index (χ4v) is 2.12. The second-order valence-electron chi connectivity index (χ2n) is 4.76. The zero-order valence-electron chi connectivity index (χ0n) is 9.94. The van der Waals surface area contributed by atoms with Gasteiger partial charge in [-0.1, -0.05) is 0 Å². The van der Waals surface area contributed by atoms with Crippen molar-refractivity contribution in [1.29, 1.82) is 0 Å². The van der Waals surface area contributed by atoms with Crippen molar-refractivity contribution in [2.45, 2.75) is 37.3 Å². The van der Waals surface area contributed by atoms with E-state index in [1.807, 2.05) is 0 Å². The molecule has 2 N–H and O–H groups in total. The molecule has 1 unspecified atom stereocenters. The van der Waals surface area contributed by atoms with Gasteiger partial charge in [0.15, 0.2) is 0 Å². The Kier molecular flexibility index (Phi) is 3.24. The third-order valence-corrected chi connectivity index (χ3v) is 3.50. The summed E-state index contributed by atoms with van der Waals surface area (Å²) in [6.45, 7) is 1.21. The Bertz CT molecular complexity index is 327. The van der Waals surface area contributed by atoms with Gasteiger partial charge in [-0.15, -0.1) is 0 Å². The lowest BCUT2D eigenvalue weighted by molar-refractivity contribution is -0.140. The molecule has 17 heavy (non-hydrogen) atoms. The van der Waals surface area contributed by atoms with Gasteiger partial charge in [-0.3, -0.25) is 0 Å². The highest BCUT2D eigenvalue weighted by atomic mass is 16.5. The number of carbonyl (C=O) groups excluding carboxylic acids is 1. The number of carboxylic acid groups (broad SMARTS) is 1. The summed E-state index contributed by atoms with van der Waals surface area (Å²) in [5.74, 6) is -0.939. The molecule has 2 fully saturated rings. The topological polar surface area (TPSA) is 78.9 Å². The van der Waals surface area contributed by atoms with E-state index in [2.05, 4.69) is 5.32 Å². The van der Waals surface area contributed by atoms with Gasteiger partial charge in [0.25, 0.3) is 0 Å². The number of hydrogen-bond donors (Lipinski definition) is 2. The quantitative estimate of drug-likeness (QED) is 0.752. The third-order valence-electron chi connectivity index (χ3n) is 3.50. The first-order chi connectivity index (χ1) is 8.07. The van der Waals surface area contributed by atoms with E-state index in [1.165, 1.54) is 0 Å². The molecule has 0 aromatic carbocycles. The third kappa shape index (κ3) is 2.52. The molecule has 96 valence electrons. The number of aliphatic carboxylic acids is 1. The Labute approximate surface area is 99.9 Å². The Morgan fingerprint density at radius 1 is 1.47 bits per heavy atom. The van der Waals surface area contributed by atoms with Crippen molar-refractivity contribution < 1.29 is 19.4 Å². The van der Waals surface area contributed by atoms with E-state index in [1.54, 1.807) is 12.0 Å². The number of piperidine rings is 1. The average Bonchev–Trinajstić information content (AvgIpc) is 3.10. The SMILES string of the molecule is COC1CCCN(C(=O)NC2(C(=O)O)CC2)C1. The summed E-state index contributed by atoms with van der Waals surface area (Å²) in [5, 5.41) is 11.6. The average molecular weight is 242 g/mol. The minimum absolute atomic E-state index is 0.0643. The number of methoxy groups -OCH3 is 1. The molecule has 1 atom stereocenters. The van der Waals surface area contributed by atoms with Crippen LogP contribution in [0.5, 0.6) is 0 Å². The molecular weight excluding hydrogens is 224 g/mol. The van der Waals surface area contributed by atoms with Gasteiger partial charge in [0.05, 0.1) is 6.10 Å². The van der Waals surface area contributed by atoms with Gasteiger partial charge in [0.2, 0.25) is 0 Å². The molecule has 6 nitrogen and oxygen atoms in total. The molecule has 2 amide bonds. The Balaban J connectivity index is 1.89. The standard InChI is InChI=1S/C11H18N2O4/c1-17-8-3-2-6-13(7-8)10(16)12-11(4-5-11)9(14)15/h8H,2-7H2,1H3,(H,12,16)(H,14,15). The molecule has 0 bridgehead atoms. The number of ether oxygens (including phenoxy) is 1. The zero-order chi connectivity index (χ0) is 12.5. The summed E-state index contributed by atoms with van der Waals surface area (Å²) in [4.78, 5) is 24.5. The van der Waals surface area contributed by atoms with Crippen LogP contribution in [-0.4, -0.2) is 53.8 Å². The lowest BCUT2D eigenvalue weighted by Gasteiger charge is -2.32. The Morgan fingerprint density at radius 3 is 2.71 bits per heavy atom. The van der Waals surface area contributed by atoms with E-state index in [9.17, 15) is 9.59 Å². The van der Waals surface area contributed by atoms with E-state index >= 15 is 0 Å². The number of urea groups is 1. The first kappa shape index (κ1) is 12.2. The monoisotopic (exact) mass is 242 g/mol. The van der Waals surface area contributed by atoms with Gasteiger partial charge in [0.1, 0.15) is 5.54 Å². The maximum absolute atomic E-state index is 11.9. The van der Waals surface area contributed by atoms with Crippen LogP contribution in [0, 0.1) is 0 Å². The van der Waals surface area contributed by atoms with E-state index in [-0.39, 0.29) is 12.1 Å². The smallest absolute Gasteiger partial charge is 0.329 e. The normalized spacial score (nSPS) is 26.4. The van der Waals surface area contributed by atoms with Crippen molar-refractivity contribution in [2.24, 2.45) is 0 Å². The van der Waals surface area contributed by atoms with Crippen LogP contribution in [0.25, 0.3) is 0 Å². The van der Waals surface area contributed by atoms with Gasteiger partial charge in [-0.05, 0) is 25.7 Å². The highest BCUT2D eigenvalue weighted by Gasteiger charge is 2.52. The minimum Gasteiger partial charge on any atom is -0.480 e. The first-order valence-corrected chi connectivity index (χ1v) is 5.91. The largest absolute Gasteiger partial charge is 0.480 e. The Hall–Kier alpha value is -1.30. The van der Waals surface area contributed by atoms with Crippen LogP contribution in [0.3, 0.4) is 0 Å². The molecule has 1 saturated heterocycles. The number of carboxylic acids is 1. The second-order valence-corrected chi connectivity index (χ2v) is 4.76. The van der Waals surface area contributed by atoms with Crippen molar-refractivity contribution in [1.82, 2.24) is 10.2 Å². The maximum Gasteiger partial charge on any atom is 0.329 e. The van der Waals surface area contributed by atoms with Crippen molar-refractivity contribution in [3.8, 4) is 0 Å². The van der Waals surface area contributed by atoms with Gasteiger partial charge in [-0.25, -0.2) is 9.59 Å². The number of carbonyl (C=O) groups is 2. The molecule has 1 aliphatic carbocycles. The molecule has 0 aromatic heterocycles. The lowest BCUT2D eigenvalue weighted by Crippen LogP contribution is -2.53. The molecule has 1 saturated carbocycles. The predicted molar refractivity (Wildman–Crippen MR) is 59.7 cm³/mol. The maximum atomic E-state index is 11.9. The highest BCUT2D eigenvalue weighted by Crippen LogP contribution is 2.35. The van der Waals surface area contributed by atoms with Crippen LogP contribution in [0.1, 0.15) is 25.7 Å². The summed E-state index contributed by atoms with van der Waals surface area (Å²) in [6, 6.07) is -0.286. The second kappa shape index (κ2) is 4.52. The number of nitrogens with one attached hydrogen (secondary N) is 1. The molecule has 1 aliphatic heterocycles. The fourth-order valence-electron chi connectivity index (χ4n) is 2.12. The summed E-state index contributed by atoms with van der Waals surface area (Å²) < 4.78 is 5.23. The number of hydrogen-bond acceptors (Lipinski definition) is 3. The molecule has 2 rings (SSSR count). The molecular formula is C11H18N2O4. The van der Waals surface area contributed by atoms with Crippen molar-refractivity contribution in [2.75, 3.05) is 20.2 Å². The van der Waals surface area contributed by atoms with Gasteiger partial charge in [-0.2, -0.15) is 0 Å². The van der Waals surface area contributed by atoms with Crippen LogP contribution >= 0.6 is 0 Å². The van der Waals surface area contributed by atoms with E-state index in [4.69, 9.17) is 9.84 Å². The van der Waals surface area contributed by atoms with Crippen molar-refractivity contribution in [3.05, 3.63) is 0 Å². The molecule has 1 heterocycles. The fraction of sp³-hybridized carbons (Fsp3) is 0.818. The van der Waals surface area contributed by atoms with E-state index in [0.717, 1.165) is 12.8 Å². The van der Waals surface area contributed by atoms with Crippen molar-refractivity contribution >= 4 is 12.0 Å².